The number of carbonyl (C=O) groups is 2. The molecule has 0 aliphatic rings. The van der Waals surface area contributed by atoms with E-state index in [0.29, 0.717) is 19.3 Å². The molecular weight excluding hydrogens is 671 g/mol. The lowest BCUT2D eigenvalue weighted by molar-refractivity contribution is -0.151. The van der Waals surface area contributed by atoms with Crippen molar-refractivity contribution in [2.75, 3.05) is 6.61 Å². The molecule has 0 saturated carbocycles. The van der Waals surface area contributed by atoms with E-state index in [9.17, 15) is 19.8 Å². The number of allylic oxidation sites excluding steroid dienone is 6. The molecule has 6 heteroatoms. The molecule has 0 spiro atoms. The lowest BCUT2D eigenvalue weighted by atomic mass is 10.0. The van der Waals surface area contributed by atoms with Crippen LogP contribution in [0.1, 0.15) is 233 Å². The molecule has 3 N–H and O–H groups in total. The van der Waals surface area contributed by atoms with Gasteiger partial charge in [-0.25, -0.2) is 0 Å². The Morgan fingerprint density at radius 1 is 0.556 bits per heavy atom. The number of aliphatic hydroxyl groups is 2. The van der Waals surface area contributed by atoms with Gasteiger partial charge in [0.15, 0.2) is 0 Å². The number of nitrogens with one attached hydrogen (secondary N) is 1. The van der Waals surface area contributed by atoms with E-state index in [1.54, 1.807) is 0 Å². The smallest absolute Gasteiger partial charge is 0.306 e. The highest BCUT2D eigenvalue weighted by Gasteiger charge is 2.24. The Kier molecular flexibility index (Phi) is 40.7. The second kappa shape index (κ2) is 42.2. The summed E-state index contributed by atoms with van der Waals surface area (Å²) in [5.74, 6) is -0.490. The van der Waals surface area contributed by atoms with Crippen molar-refractivity contribution in [1.29, 1.82) is 0 Å². The average Bonchev–Trinajstić information content (AvgIpc) is 3.16. The van der Waals surface area contributed by atoms with Gasteiger partial charge in [-0.1, -0.05) is 211 Å². The van der Waals surface area contributed by atoms with E-state index in [1.807, 2.05) is 0 Å². The Labute approximate surface area is 334 Å². The molecule has 0 rings (SSSR count). The quantitative estimate of drug-likeness (QED) is 0.0328. The zero-order valence-corrected chi connectivity index (χ0v) is 35.9. The molecule has 3 atom stereocenters. The largest absolute Gasteiger partial charge is 0.462 e. The predicted octanol–water partition coefficient (Wildman–Crippen LogP) is 13.3. The van der Waals surface area contributed by atoms with Gasteiger partial charge < -0.3 is 20.3 Å². The third-order valence-corrected chi connectivity index (χ3v) is 10.5. The maximum Gasteiger partial charge on any atom is 0.306 e. The molecule has 54 heavy (non-hydrogen) atoms. The van der Waals surface area contributed by atoms with Gasteiger partial charge in [0.2, 0.25) is 5.91 Å². The summed E-state index contributed by atoms with van der Waals surface area (Å²) in [6, 6.07) is -0.703. The highest BCUT2D eigenvalue weighted by atomic mass is 16.5. The molecule has 6 nitrogen and oxygen atoms in total. The number of hydrogen-bond donors (Lipinski definition) is 3. The van der Waals surface area contributed by atoms with Gasteiger partial charge in [-0.3, -0.25) is 9.59 Å². The Morgan fingerprint density at radius 3 is 1.50 bits per heavy atom. The molecule has 0 aliphatic heterocycles. The summed E-state index contributed by atoms with van der Waals surface area (Å²) in [7, 11) is 0. The molecule has 0 aromatic heterocycles. The minimum Gasteiger partial charge on any atom is -0.462 e. The number of aliphatic hydroxyl groups excluding tert-OH is 2. The Bertz CT molecular complexity index is 900. The van der Waals surface area contributed by atoms with Crippen LogP contribution in [0, 0.1) is 0 Å². The summed E-state index contributed by atoms with van der Waals surface area (Å²) in [6.45, 7) is 6.32. The van der Waals surface area contributed by atoms with Crippen molar-refractivity contribution in [3.63, 3.8) is 0 Å². The molecule has 0 aromatic rings. The minimum atomic E-state index is -0.788. The molecule has 1 amide bonds. The Morgan fingerprint density at radius 2 is 1.00 bits per heavy atom. The average molecular weight is 760 g/mol. The highest BCUT2D eigenvalue weighted by Crippen LogP contribution is 2.18. The zero-order chi connectivity index (χ0) is 39.6. The molecule has 0 radical (unpaired) electrons. The van der Waals surface area contributed by atoms with Crippen LogP contribution >= 0.6 is 0 Å². The van der Waals surface area contributed by atoms with Crippen LogP contribution in [0.25, 0.3) is 0 Å². The molecule has 3 unspecified atom stereocenters. The van der Waals surface area contributed by atoms with Crippen LogP contribution in [0.3, 0.4) is 0 Å². The van der Waals surface area contributed by atoms with Crippen LogP contribution < -0.4 is 5.32 Å². The minimum absolute atomic E-state index is 0.0669. The number of unbranched alkanes of at least 4 members (excludes halogenated alkanes) is 25. The molecule has 0 aliphatic carbocycles. The summed E-state index contributed by atoms with van der Waals surface area (Å²) < 4.78 is 5.90. The monoisotopic (exact) mass is 760 g/mol. The van der Waals surface area contributed by atoms with Gasteiger partial charge in [0.05, 0.1) is 25.2 Å². The van der Waals surface area contributed by atoms with Crippen molar-refractivity contribution in [2.24, 2.45) is 0 Å². The molecule has 0 aromatic carbocycles. The number of carbonyl (C=O) groups excluding carboxylic acids is 2. The SMILES string of the molecule is CC/C=C/C=C/C=C/CCCCCCCC(CC(=O)NC(CO)C(O)CCCCCCCCCCCC)OC(=O)CCCCCCCCCCCCCC. The van der Waals surface area contributed by atoms with E-state index in [-0.39, 0.29) is 24.9 Å². The number of hydrogen-bond acceptors (Lipinski definition) is 5. The maximum absolute atomic E-state index is 13.1. The molecular formula is C48H89NO5. The second-order valence-electron chi connectivity index (χ2n) is 15.8. The van der Waals surface area contributed by atoms with Crippen molar-refractivity contribution >= 4 is 11.9 Å². The Hall–Kier alpha value is -1.92. The van der Waals surface area contributed by atoms with Gasteiger partial charge >= 0.3 is 5.97 Å². The van der Waals surface area contributed by atoms with Gasteiger partial charge in [-0.2, -0.15) is 0 Å². The van der Waals surface area contributed by atoms with E-state index in [4.69, 9.17) is 4.74 Å². The molecule has 0 fully saturated rings. The van der Waals surface area contributed by atoms with Crippen LogP contribution in [-0.4, -0.2) is 46.9 Å². The first kappa shape index (κ1) is 52.1. The van der Waals surface area contributed by atoms with Gasteiger partial charge in [-0.15, -0.1) is 0 Å². The van der Waals surface area contributed by atoms with Crippen LogP contribution in [0.5, 0.6) is 0 Å². The normalized spacial score (nSPS) is 13.6. The van der Waals surface area contributed by atoms with E-state index in [1.165, 1.54) is 103 Å². The van der Waals surface area contributed by atoms with Crippen molar-refractivity contribution in [3.8, 4) is 0 Å². The maximum atomic E-state index is 13.1. The summed E-state index contributed by atoms with van der Waals surface area (Å²) in [5.41, 5.74) is 0. The van der Waals surface area contributed by atoms with E-state index >= 15 is 0 Å². The first-order valence-electron chi connectivity index (χ1n) is 23.2. The summed E-state index contributed by atoms with van der Waals surface area (Å²) in [5, 5.41) is 23.6. The molecule has 0 saturated heterocycles. The highest BCUT2D eigenvalue weighted by molar-refractivity contribution is 5.77. The third kappa shape index (κ3) is 37.0. The summed E-state index contributed by atoms with van der Waals surface area (Å²) in [6.07, 6.45) is 47.7. The topological polar surface area (TPSA) is 95.9 Å². The summed E-state index contributed by atoms with van der Waals surface area (Å²) in [4.78, 5) is 26.0. The zero-order valence-electron chi connectivity index (χ0n) is 35.9. The number of amides is 1. The fourth-order valence-electron chi connectivity index (χ4n) is 7.02. The Balaban J connectivity index is 4.62. The lowest BCUT2D eigenvalue weighted by Crippen LogP contribution is -2.46. The van der Waals surface area contributed by atoms with Gasteiger partial charge in [-0.05, 0) is 44.9 Å². The van der Waals surface area contributed by atoms with Gasteiger partial charge in [0, 0.05) is 6.42 Å². The third-order valence-electron chi connectivity index (χ3n) is 10.5. The molecule has 316 valence electrons. The van der Waals surface area contributed by atoms with E-state index < -0.39 is 18.2 Å². The fraction of sp³-hybridized carbons (Fsp3) is 0.833. The van der Waals surface area contributed by atoms with Gasteiger partial charge in [0.25, 0.3) is 0 Å². The van der Waals surface area contributed by atoms with Crippen LogP contribution in [0.15, 0.2) is 36.5 Å². The van der Waals surface area contributed by atoms with Crippen molar-refractivity contribution in [2.45, 2.75) is 251 Å². The molecule has 0 heterocycles. The second-order valence-corrected chi connectivity index (χ2v) is 15.8. The number of ether oxygens (including phenoxy) is 1. The van der Waals surface area contributed by atoms with Crippen LogP contribution in [-0.2, 0) is 14.3 Å². The molecule has 0 bridgehead atoms. The standard InChI is InChI=1S/C48H89NO5/c1-4-7-10-13-16-19-22-24-25-27-30-33-36-39-44(54-48(53)41-38-35-32-29-26-23-20-17-14-11-8-5-2)42-47(52)49-45(43-50)46(51)40-37-34-31-28-21-18-15-12-9-6-3/h7,10,13,16,19,22,44-46,50-51H,4-6,8-9,11-12,14-15,17-18,20-21,23-43H2,1-3H3,(H,49,52)/b10-7+,16-13+,22-19+. The lowest BCUT2D eigenvalue weighted by Gasteiger charge is -2.24. The number of esters is 1. The van der Waals surface area contributed by atoms with Crippen molar-refractivity contribution < 1.29 is 24.5 Å². The van der Waals surface area contributed by atoms with Crippen LogP contribution in [0.2, 0.25) is 0 Å². The number of rotatable bonds is 41. The summed E-state index contributed by atoms with van der Waals surface area (Å²) >= 11 is 0. The first-order valence-corrected chi connectivity index (χ1v) is 23.2. The van der Waals surface area contributed by atoms with Crippen molar-refractivity contribution in [1.82, 2.24) is 5.32 Å². The van der Waals surface area contributed by atoms with E-state index in [2.05, 4.69) is 62.5 Å². The van der Waals surface area contributed by atoms with Crippen LogP contribution in [0.4, 0.5) is 0 Å². The first-order chi connectivity index (χ1) is 26.5. The van der Waals surface area contributed by atoms with Gasteiger partial charge in [0.1, 0.15) is 6.10 Å². The fourth-order valence-corrected chi connectivity index (χ4v) is 7.02. The predicted molar refractivity (Wildman–Crippen MR) is 232 cm³/mol. The van der Waals surface area contributed by atoms with E-state index in [0.717, 1.165) is 83.5 Å². The van der Waals surface area contributed by atoms with Crippen molar-refractivity contribution in [3.05, 3.63) is 36.5 Å².